The fourth-order valence-corrected chi connectivity index (χ4v) is 4.32. The van der Waals surface area contributed by atoms with Crippen LogP contribution in [0.2, 0.25) is 0 Å². The van der Waals surface area contributed by atoms with E-state index in [0.29, 0.717) is 17.1 Å². The van der Waals surface area contributed by atoms with Gasteiger partial charge in [-0.2, -0.15) is 17.5 Å². The van der Waals surface area contributed by atoms with Gasteiger partial charge in [-0.05, 0) is 25.0 Å². The molecule has 0 spiro atoms. The molecule has 1 atom stereocenters. The van der Waals surface area contributed by atoms with Gasteiger partial charge in [0.2, 0.25) is 10.0 Å². The van der Waals surface area contributed by atoms with Crippen molar-refractivity contribution in [3.05, 3.63) is 24.3 Å². The maximum atomic E-state index is 13.1. The number of hydrogen-bond acceptors (Lipinski definition) is 3. The molecule has 0 N–H and O–H groups in total. The van der Waals surface area contributed by atoms with Gasteiger partial charge in [-0.3, -0.25) is 0 Å². The van der Waals surface area contributed by atoms with Crippen molar-refractivity contribution >= 4 is 10.0 Å². The predicted octanol–water partition coefficient (Wildman–Crippen LogP) is 2.80. The number of halogens is 3. The van der Waals surface area contributed by atoms with E-state index in [1.165, 1.54) is 25.3 Å². The van der Waals surface area contributed by atoms with Gasteiger partial charge < -0.3 is 4.74 Å². The standard InChI is InChI=1S/C13H16F3NO3S/c1-20-10-6-2-3-7-11(10)21(18,19)17-9-5-4-8-12(17)13(14,15)16/h2-3,6-7,12H,4-5,8-9H2,1H3. The van der Waals surface area contributed by atoms with Crippen LogP contribution in [0, 0.1) is 0 Å². The molecule has 1 aromatic rings. The molecule has 1 fully saturated rings. The molecule has 0 amide bonds. The minimum absolute atomic E-state index is 0.0454. The molecule has 0 radical (unpaired) electrons. The Hall–Kier alpha value is -1.28. The first-order chi connectivity index (χ1) is 9.78. The summed E-state index contributed by atoms with van der Waals surface area (Å²) in [4.78, 5) is -0.233. The highest BCUT2D eigenvalue weighted by atomic mass is 32.2. The van der Waals surface area contributed by atoms with Crippen LogP contribution in [0.3, 0.4) is 0 Å². The van der Waals surface area contributed by atoms with Gasteiger partial charge in [0.25, 0.3) is 0 Å². The molecule has 2 rings (SSSR count). The topological polar surface area (TPSA) is 46.6 Å². The smallest absolute Gasteiger partial charge is 0.405 e. The fraction of sp³-hybridized carbons (Fsp3) is 0.538. The zero-order valence-electron chi connectivity index (χ0n) is 11.4. The van der Waals surface area contributed by atoms with Gasteiger partial charge in [0.05, 0.1) is 7.11 Å². The second-order valence-electron chi connectivity index (χ2n) is 4.82. The second kappa shape index (κ2) is 5.84. The summed E-state index contributed by atoms with van der Waals surface area (Å²) in [6, 6.07) is 3.73. The van der Waals surface area contributed by atoms with Gasteiger partial charge in [-0.15, -0.1) is 0 Å². The van der Waals surface area contributed by atoms with Gasteiger partial charge >= 0.3 is 6.18 Å². The van der Waals surface area contributed by atoms with Crippen LogP contribution in [-0.2, 0) is 10.0 Å². The lowest BCUT2D eigenvalue weighted by Crippen LogP contribution is -2.51. The SMILES string of the molecule is COc1ccccc1S(=O)(=O)N1CCCCC1C(F)(F)F. The summed E-state index contributed by atoms with van der Waals surface area (Å²) in [5.74, 6) is 0.0454. The molecule has 1 saturated heterocycles. The number of ether oxygens (including phenoxy) is 1. The molecule has 0 saturated carbocycles. The average molecular weight is 323 g/mol. The van der Waals surface area contributed by atoms with Crippen LogP contribution in [0.4, 0.5) is 13.2 Å². The van der Waals surface area contributed by atoms with Gasteiger partial charge in [0.15, 0.2) is 0 Å². The van der Waals surface area contributed by atoms with E-state index in [0.717, 1.165) is 0 Å². The van der Waals surface area contributed by atoms with E-state index in [-0.39, 0.29) is 23.6 Å². The van der Waals surface area contributed by atoms with Crippen LogP contribution in [0.15, 0.2) is 29.2 Å². The molecule has 4 nitrogen and oxygen atoms in total. The molecule has 1 heterocycles. The summed E-state index contributed by atoms with van der Waals surface area (Å²) < 4.78 is 69.9. The average Bonchev–Trinajstić information content (AvgIpc) is 2.46. The quantitative estimate of drug-likeness (QED) is 0.859. The van der Waals surface area contributed by atoms with Crippen LogP contribution < -0.4 is 4.74 Å². The van der Waals surface area contributed by atoms with E-state index in [1.54, 1.807) is 6.07 Å². The summed E-state index contributed by atoms with van der Waals surface area (Å²) in [7, 11) is -2.97. The third-order valence-corrected chi connectivity index (χ3v) is 5.43. The maximum Gasteiger partial charge on any atom is 0.405 e. The minimum Gasteiger partial charge on any atom is -0.495 e. The van der Waals surface area contributed by atoms with Crippen molar-refractivity contribution in [3.8, 4) is 5.75 Å². The molecule has 118 valence electrons. The van der Waals surface area contributed by atoms with Crippen molar-refractivity contribution < 1.29 is 26.3 Å². The van der Waals surface area contributed by atoms with E-state index in [2.05, 4.69) is 0 Å². The molecular weight excluding hydrogens is 307 g/mol. The Morgan fingerprint density at radius 3 is 2.52 bits per heavy atom. The summed E-state index contributed by atoms with van der Waals surface area (Å²) in [6.07, 6.45) is -4.00. The summed E-state index contributed by atoms with van der Waals surface area (Å²) >= 11 is 0. The van der Waals surface area contributed by atoms with Crippen molar-refractivity contribution in [2.45, 2.75) is 36.4 Å². The third kappa shape index (κ3) is 3.16. The van der Waals surface area contributed by atoms with Crippen LogP contribution in [0.25, 0.3) is 0 Å². The van der Waals surface area contributed by atoms with E-state index < -0.39 is 22.2 Å². The van der Waals surface area contributed by atoms with Crippen LogP contribution >= 0.6 is 0 Å². The highest BCUT2D eigenvalue weighted by molar-refractivity contribution is 7.89. The Morgan fingerprint density at radius 1 is 1.24 bits per heavy atom. The second-order valence-corrected chi connectivity index (χ2v) is 6.68. The van der Waals surface area contributed by atoms with E-state index in [9.17, 15) is 21.6 Å². The summed E-state index contributed by atoms with van der Waals surface area (Å²) in [6.45, 7) is -0.134. The first-order valence-corrected chi connectivity index (χ1v) is 7.94. The van der Waals surface area contributed by atoms with Gasteiger partial charge in [-0.1, -0.05) is 18.6 Å². The van der Waals surface area contributed by atoms with Crippen molar-refractivity contribution in [2.24, 2.45) is 0 Å². The molecule has 0 bridgehead atoms. The number of piperidine rings is 1. The highest BCUT2D eigenvalue weighted by Crippen LogP contribution is 2.37. The number of para-hydroxylation sites is 1. The lowest BCUT2D eigenvalue weighted by molar-refractivity contribution is -0.177. The van der Waals surface area contributed by atoms with Crippen LogP contribution in [0.5, 0.6) is 5.75 Å². The molecule has 0 aliphatic carbocycles. The maximum absolute atomic E-state index is 13.1. The highest BCUT2D eigenvalue weighted by Gasteiger charge is 2.49. The molecule has 1 aliphatic heterocycles. The van der Waals surface area contributed by atoms with Crippen molar-refractivity contribution in [1.29, 1.82) is 0 Å². The Balaban J connectivity index is 2.46. The number of alkyl halides is 3. The first kappa shape index (κ1) is 16.1. The number of nitrogens with zero attached hydrogens (tertiary/aromatic N) is 1. The molecule has 0 aromatic heterocycles. The van der Waals surface area contributed by atoms with Crippen molar-refractivity contribution in [1.82, 2.24) is 4.31 Å². The number of sulfonamides is 1. The molecule has 1 aromatic carbocycles. The monoisotopic (exact) mass is 323 g/mol. The normalized spacial score (nSPS) is 21.2. The number of rotatable bonds is 3. The Kier molecular flexibility index (Phi) is 4.48. The lowest BCUT2D eigenvalue weighted by atomic mass is 10.0. The number of hydrogen-bond donors (Lipinski definition) is 0. The number of methoxy groups -OCH3 is 1. The van der Waals surface area contributed by atoms with Gasteiger partial charge in [-0.25, -0.2) is 8.42 Å². The summed E-state index contributed by atoms with van der Waals surface area (Å²) in [5, 5.41) is 0. The Bertz CT molecular complexity index is 601. The van der Waals surface area contributed by atoms with Gasteiger partial charge in [0, 0.05) is 6.54 Å². The lowest BCUT2D eigenvalue weighted by Gasteiger charge is -2.35. The minimum atomic E-state index is -4.57. The van der Waals surface area contributed by atoms with E-state index >= 15 is 0 Å². The largest absolute Gasteiger partial charge is 0.495 e. The fourth-order valence-electron chi connectivity index (χ4n) is 2.48. The molecule has 8 heteroatoms. The van der Waals surface area contributed by atoms with Gasteiger partial charge in [0.1, 0.15) is 16.7 Å². The van der Waals surface area contributed by atoms with Crippen LogP contribution in [-0.4, -0.2) is 38.6 Å². The zero-order chi connectivity index (χ0) is 15.7. The molecule has 1 unspecified atom stereocenters. The molecule has 21 heavy (non-hydrogen) atoms. The Morgan fingerprint density at radius 2 is 1.90 bits per heavy atom. The van der Waals surface area contributed by atoms with Crippen molar-refractivity contribution in [2.75, 3.05) is 13.7 Å². The first-order valence-electron chi connectivity index (χ1n) is 6.50. The predicted molar refractivity (Wildman–Crippen MR) is 70.6 cm³/mol. The van der Waals surface area contributed by atoms with Crippen LogP contribution in [0.1, 0.15) is 19.3 Å². The van der Waals surface area contributed by atoms with Crippen molar-refractivity contribution in [3.63, 3.8) is 0 Å². The summed E-state index contributed by atoms with van der Waals surface area (Å²) in [5.41, 5.74) is 0. The molecular formula is C13H16F3NO3S. The van der Waals surface area contributed by atoms with E-state index in [4.69, 9.17) is 4.74 Å². The Labute approximate surface area is 121 Å². The van der Waals surface area contributed by atoms with E-state index in [1.807, 2.05) is 0 Å². The number of benzene rings is 1. The zero-order valence-corrected chi connectivity index (χ0v) is 12.2. The molecule has 1 aliphatic rings. The third-order valence-electron chi connectivity index (χ3n) is 3.49.